The zero-order valence-corrected chi connectivity index (χ0v) is 13.7. The van der Waals surface area contributed by atoms with Crippen molar-refractivity contribution in [2.75, 3.05) is 45.9 Å². The fourth-order valence-corrected chi connectivity index (χ4v) is 3.34. The van der Waals surface area contributed by atoms with E-state index in [1.54, 1.807) is 11.0 Å². The summed E-state index contributed by atoms with van der Waals surface area (Å²) in [6.45, 7) is 5.91. The number of aryl methyl sites for hydroxylation is 1. The third-order valence-electron chi connectivity index (χ3n) is 4.43. The normalized spacial score (nSPS) is 26.4. The van der Waals surface area contributed by atoms with Crippen LogP contribution in [-0.4, -0.2) is 77.5 Å². The maximum absolute atomic E-state index is 12.5. The Morgan fingerprint density at radius 3 is 2.87 bits per heavy atom. The Kier molecular flexibility index (Phi) is 4.99. The van der Waals surface area contributed by atoms with E-state index in [1.807, 2.05) is 6.92 Å². The first kappa shape index (κ1) is 16.4. The van der Waals surface area contributed by atoms with Gasteiger partial charge >= 0.3 is 0 Å². The number of hydrogen-bond donors (Lipinski definition) is 1. The van der Waals surface area contributed by atoms with Gasteiger partial charge in [0.2, 0.25) is 5.91 Å². The zero-order valence-electron chi connectivity index (χ0n) is 13.7. The van der Waals surface area contributed by atoms with Crippen molar-refractivity contribution >= 4 is 5.91 Å². The predicted molar refractivity (Wildman–Crippen MR) is 83.0 cm³/mol. The smallest absolute Gasteiger partial charge is 0.230 e. The molecular formula is C16H25N3O4. The van der Waals surface area contributed by atoms with E-state index in [4.69, 9.17) is 9.26 Å². The number of carbonyl (C=O) groups excluding carboxylic acids is 1. The molecule has 3 heterocycles. The molecule has 128 valence electrons. The summed E-state index contributed by atoms with van der Waals surface area (Å²) in [6.07, 6.45) is 2.51. The first-order valence-corrected chi connectivity index (χ1v) is 8.27. The summed E-state index contributed by atoms with van der Waals surface area (Å²) < 4.78 is 10.7. The van der Waals surface area contributed by atoms with Crippen LogP contribution in [-0.2, 0) is 16.0 Å². The van der Waals surface area contributed by atoms with E-state index in [2.05, 4.69) is 10.1 Å². The summed E-state index contributed by atoms with van der Waals surface area (Å²) in [5.41, 5.74) is -0.245. The molecule has 1 aromatic heterocycles. The van der Waals surface area contributed by atoms with Crippen LogP contribution in [0.3, 0.4) is 0 Å². The number of carbonyl (C=O) groups is 1. The molecule has 0 spiro atoms. The van der Waals surface area contributed by atoms with Crippen LogP contribution in [0.5, 0.6) is 0 Å². The van der Waals surface area contributed by atoms with Gasteiger partial charge in [-0.05, 0) is 32.9 Å². The summed E-state index contributed by atoms with van der Waals surface area (Å²) in [5.74, 6) is 0.493. The van der Waals surface area contributed by atoms with Crippen molar-refractivity contribution in [1.82, 2.24) is 15.0 Å². The molecule has 2 fully saturated rings. The van der Waals surface area contributed by atoms with Gasteiger partial charge < -0.3 is 24.2 Å². The van der Waals surface area contributed by atoms with Gasteiger partial charge in [0.05, 0.1) is 31.9 Å². The molecule has 2 saturated heterocycles. The molecule has 0 radical (unpaired) electrons. The van der Waals surface area contributed by atoms with Gasteiger partial charge in [-0.15, -0.1) is 0 Å². The maximum Gasteiger partial charge on any atom is 0.230 e. The van der Waals surface area contributed by atoms with Crippen molar-refractivity contribution in [1.29, 1.82) is 0 Å². The van der Waals surface area contributed by atoms with Crippen LogP contribution in [0, 0.1) is 6.92 Å². The summed E-state index contributed by atoms with van der Waals surface area (Å²) in [5, 5.41) is 14.7. The van der Waals surface area contributed by atoms with Crippen LogP contribution in [0.15, 0.2) is 10.6 Å². The van der Waals surface area contributed by atoms with Crippen LogP contribution in [0.1, 0.15) is 24.3 Å². The molecule has 23 heavy (non-hydrogen) atoms. The lowest BCUT2D eigenvalue weighted by Gasteiger charge is -2.33. The van der Waals surface area contributed by atoms with E-state index < -0.39 is 5.60 Å². The summed E-state index contributed by atoms with van der Waals surface area (Å²) in [7, 11) is 0. The molecule has 1 unspecified atom stereocenters. The average molecular weight is 323 g/mol. The molecule has 3 rings (SSSR count). The van der Waals surface area contributed by atoms with Gasteiger partial charge in [-0.2, -0.15) is 0 Å². The highest BCUT2D eigenvalue weighted by atomic mass is 16.5. The van der Waals surface area contributed by atoms with Gasteiger partial charge in [0.25, 0.3) is 0 Å². The van der Waals surface area contributed by atoms with Gasteiger partial charge in [0.15, 0.2) is 0 Å². The molecule has 2 aliphatic rings. The number of aromatic nitrogens is 1. The molecule has 7 heteroatoms. The van der Waals surface area contributed by atoms with Crippen molar-refractivity contribution in [3.05, 3.63) is 17.5 Å². The molecule has 1 N–H and O–H groups in total. The highest BCUT2D eigenvalue weighted by Gasteiger charge is 2.36. The van der Waals surface area contributed by atoms with Crippen molar-refractivity contribution < 1.29 is 19.2 Å². The van der Waals surface area contributed by atoms with Gasteiger partial charge in [0, 0.05) is 19.2 Å². The molecule has 1 atom stereocenters. The van der Waals surface area contributed by atoms with E-state index in [-0.39, 0.29) is 18.9 Å². The first-order valence-electron chi connectivity index (χ1n) is 8.27. The Labute approximate surface area is 136 Å². The third-order valence-corrected chi connectivity index (χ3v) is 4.43. The first-order chi connectivity index (χ1) is 11.0. The zero-order chi connectivity index (χ0) is 16.3. The molecule has 1 amide bonds. The van der Waals surface area contributed by atoms with Gasteiger partial charge in [-0.3, -0.25) is 4.79 Å². The Bertz CT molecular complexity index is 541. The Morgan fingerprint density at radius 2 is 2.17 bits per heavy atom. The van der Waals surface area contributed by atoms with Crippen LogP contribution >= 0.6 is 0 Å². The third kappa shape index (κ3) is 4.31. The summed E-state index contributed by atoms with van der Waals surface area (Å²) in [4.78, 5) is 16.4. The standard InChI is InChI=1S/C16H25N3O4/c1-13-8-14(23-17-13)9-15(20)19-6-7-22-12-16(21,11-19)10-18-4-2-3-5-18/h8,21H,2-7,9-12H2,1H3. The van der Waals surface area contributed by atoms with Crippen LogP contribution in [0.2, 0.25) is 0 Å². The lowest BCUT2D eigenvalue weighted by atomic mass is 10.0. The highest BCUT2D eigenvalue weighted by molar-refractivity contribution is 5.78. The van der Waals surface area contributed by atoms with E-state index in [0.29, 0.717) is 32.0 Å². The minimum absolute atomic E-state index is 0.0634. The number of aliphatic hydroxyl groups is 1. The number of rotatable bonds is 4. The van der Waals surface area contributed by atoms with E-state index in [9.17, 15) is 9.90 Å². The monoisotopic (exact) mass is 323 g/mol. The van der Waals surface area contributed by atoms with Crippen molar-refractivity contribution in [2.24, 2.45) is 0 Å². The minimum atomic E-state index is -1.01. The van der Waals surface area contributed by atoms with Gasteiger partial charge in [-0.25, -0.2) is 0 Å². The largest absolute Gasteiger partial charge is 0.384 e. The highest BCUT2D eigenvalue weighted by Crippen LogP contribution is 2.18. The number of nitrogens with zero attached hydrogens (tertiary/aromatic N) is 3. The van der Waals surface area contributed by atoms with Crippen molar-refractivity contribution in [3.63, 3.8) is 0 Å². The Morgan fingerprint density at radius 1 is 1.39 bits per heavy atom. The fraction of sp³-hybridized carbons (Fsp3) is 0.750. The second-order valence-corrected chi connectivity index (χ2v) is 6.69. The fourth-order valence-electron chi connectivity index (χ4n) is 3.34. The molecule has 1 aromatic rings. The molecule has 0 bridgehead atoms. The number of amides is 1. The summed E-state index contributed by atoms with van der Waals surface area (Å²) >= 11 is 0. The second-order valence-electron chi connectivity index (χ2n) is 6.69. The maximum atomic E-state index is 12.5. The van der Waals surface area contributed by atoms with Gasteiger partial charge in [-0.1, -0.05) is 5.16 Å². The number of β-amino-alcohol motifs (C(OH)–C–C–N with tert-alkyl or cyclic N) is 1. The van der Waals surface area contributed by atoms with Gasteiger partial charge in [0.1, 0.15) is 11.4 Å². The number of ether oxygens (including phenoxy) is 1. The molecule has 0 aromatic carbocycles. The lowest BCUT2D eigenvalue weighted by molar-refractivity contribution is -0.134. The predicted octanol–water partition coefficient (Wildman–Crippen LogP) is 0.211. The van der Waals surface area contributed by atoms with E-state index >= 15 is 0 Å². The minimum Gasteiger partial charge on any atom is -0.384 e. The molecule has 2 aliphatic heterocycles. The quantitative estimate of drug-likeness (QED) is 0.853. The topological polar surface area (TPSA) is 79.0 Å². The number of likely N-dealkylation sites (tertiary alicyclic amines) is 1. The molecule has 7 nitrogen and oxygen atoms in total. The SMILES string of the molecule is Cc1cc(CC(=O)N2CCOCC(O)(CN3CCCC3)C2)on1. The lowest BCUT2D eigenvalue weighted by Crippen LogP contribution is -2.53. The molecule has 0 saturated carbocycles. The second kappa shape index (κ2) is 6.98. The molecule has 0 aliphatic carbocycles. The van der Waals surface area contributed by atoms with Crippen LogP contribution in [0.4, 0.5) is 0 Å². The Balaban J connectivity index is 1.62. The number of hydrogen-bond acceptors (Lipinski definition) is 6. The van der Waals surface area contributed by atoms with Crippen LogP contribution < -0.4 is 0 Å². The van der Waals surface area contributed by atoms with Crippen molar-refractivity contribution in [2.45, 2.75) is 31.8 Å². The average Bonchev–Trinajstić information content (AvgIpc) is 3.09. The van der Waals surface area contributed by atoms with Crippen LogP contribution in [0.25, 0.3) is 0 Å². The van der Waals surface area contributed by atoms with Crippen molar-refractivity contribution in [3.8, 4) is 0 Å². The summed E-state index contributed by atoms with van der Waals surface area (Å²) in [6, 6.07) is 1.77. The Hall–Kier alpha value is -1.44. The van der Waals surface area contributed by atoms with E-state index in [0.717, 1.165) is 18.8 Å². The van der Waals surface area contributed by atoms with E-state index in [1.165, 1.54) is 12.8 Å². The molecular weight excluding hydrogens is 298 g/mol.